The Morgan fingerprint density at radius 2 is 2.14 bits per heavy atom. The molecule has 118 valence electrons. The molecule has 22 heavy (non-hydrogen) atoms. The Kier molecular flexibility index (Phi) is 6.57. The van der Waals surface area contributed by atoms with Crippen molar-refractivity contribution >= 4 is 10.1 Å². The first-order valence-electron chi connectivity index (χ1n) is 6.32. The Morgan fingerprint density at radius 1 is 1.50 bits per heavy atom. The van der Waals surface area contributed by atoms with E-state index in [4.69, 9.17) is 4.74 Å². The molecular formula is C11H15N2NaO7S. The number of rotatable bonds is 4. The van der Waals surface area contributed by atoms with Gasteiger partial charge in [0.05, 0.1) is 28.1 Å². The quantitative estimate of drug-likeness (QED) is 0.413. The zero-order valence-electron chi connectivity index (χ0n) is 12.2. The monoisotopic (exact) mass is 342 g/mol. The summed E-state index contributed by atoms with van der Waals surface area (Å²) < 4.78 is 38.5. The van der Waals surface area contributed by atoms with Crippen molar-refractivity contribution in [1.29, 1.82) is 0 Å². The van der Waals surface area contributed by atoms with Gasteiger partial charge in [-0.15, -0.1) is 0 Å². The Balaban J connectivity index is 0.00000242. The average molecular weight is 342 g/mol. The van der Waals surface area contributed by atoms with Gasteiger partial charge in [-0.2, -0.15) is 0 Å². The van der Waals surface area contributed by atoms with Crippen LogP contribution in [0.5, 0.6) is 0 Å². The molecule has 1 saturated heterocycles. The Bertz CT molecular complexity index is 742. The molecule has 0 amide bonds. The van der Waals surface area contributed by atoms with E-state index in [0.717, 1.165) is 4.57 Å². The van der Waals surface area contributed by atoms with Crippen molar-refractivity contribution in [3.8, 4) is 0 Å². The first kappa shape index (κ1) is 19.6. The summed E-state index contributed by atoms with van der Waals surface area (Å²) in [6.07, 6.45) is -1.64. The van der Waals surface area contributed by atoms with Crippen LogP contribution in [-0.2, 0) is 21.3 Å². The molecule has 2 heterocycles. The second kappa shape index (κ2) is 7.39. The molecule has 11 heteroatoms. The molecular weight excluding hydrogens is 327 g/mol. The maximum Gasteiger partial charge on any atom is 1.00 e. The van der Waals surface area contributed by atoms with Crippen LogP contribution >= 0.6 is 0 Å². The number of aromatic amines is 1. The van der Waals surface area contributed by atoms with Gasteiger partial charge in [0.1, 0.15) is 6.23 Å². The summed E-state index contributed by atoms with van der Waals surface area (Å²) in [6, 6.07) is 0. The summed E-state index contributed by atoms with van der Waals surface area (Å²) in [7, 11) is -4.56. The molecule has 0 aromatic carbocycles. The van der Waals surface area contributed by atoms with Gasteiger partial charge in [-0.05, 0) is 6.42 Å². The minimum absolute atomic E-state index is 0. The number of aliphatic hydroxyl groups is 1. The maximum absolute atomic E-state index is 11.8. The molecule has 3 atom stereocenters. The number of ether oxygens (including phenoxy) is 1. The summed E-state index contributed by atoms with van der Waals surface area (Å²) in [4.78, 5) is 25.4. The number of hydrogen-bond acceptors (Lipinski definition) is 7. The van der Waals surface area contributed by atoms with Gasteiger partial charge in [0.25, 0.3) is 5.56 Å². The molecule has 0 bridgehead atoms. The topological polar surface area (TPSA) is 142 Å². The number of aliphatic hydroxyl groups excluding tert-OH is 1. The van der Waals surface area contributed by atoms with Crippen LogP contribution in [0.3, 0.4) is 0 Å². The van der Waals surface area contributed by atoms with E-state index in [0.29, 0.717) is 12.0 Å². The second-order valence-corrected chi connectivity index (χ2v) is 6.28. The molecule has 1 fully saturated rings. The molecule has 2 rings (SSSR count). The van der Waals surface area contributed by atoms with E-state index in [1.165, 1.54) is 6.20 Å². The van der Waals surface area contributed by atoms with E-state index in [1.54, 1.807) is 6.92 Å². The van der Waals surface area contributed by atoms with Gasteiger partial charge in [-0.3, -0.25) is 14.3 Å². The third-order valence-electron chi connectivity index (χ3n) is 3.31. The molecule has 9 nitrogen and oxygen atoms in total. The average Bonchev–Trinajstić information content (AvgIpc) is 2.68. The van der Waals surface area contributed by atoms with Gasteiger partial charge in [0, 0.05) is 18.2 Å². The summed E-state index contributed by atoms with van der Waals surface area (Å²) in [5, 5.41) is 9.74. The van der Waals surface area contributed by atoms with Crippen LogP contribution in [0.25, 0.3) is 0 Å². The van der Waals surface area contributed by atoms with E-state index < -0.39 is 45.6 Å². The minimum Gasteiger partial charge on any atom is -0.748 e. The number of aromatic nitrogens is 2. The smallest absolute Gasteiger partial charge is 0.748 e. The molecule has 0 unspecified atom stereocenters. The second-order valence-electron chi connectivity index (χ2n) is 4.83. The molecule has 0 saturated carbocycles. The van der Waals surface area contributed by atoms with Crippen molar-refractivity contribution in [1.82, 2.24) is 9.55 Å². The van der Waals surface area contributed by atoms with Gasteiger partial charge >= 0.3 is 35.2 Å². The van der Waals surface area contributed by atoms with Crippen LogP contribution in [0.1, 0.15) is 25.1 Å². The fourth-order valence-corrected chi connectivity index (χ4v) is 2.93. The molecule has 1 aliphatic heterocycles. The van der Waals surface area contributed by atoms with E-state index in [1.807, 2.05) is 0 Å². The van der Waals surface area contributed by atoms with E-state index in [-0.39, 0.29) is 36.0 Å². The Labute approximate surface area is 148 Å². The first-order valence-corrected chi connectivity index (χ1v) is 7.90. The van der Waals surface area contributed by atoms with Gasteiger partial charge in [0.15, 0.2) is 0 Å². The fraction of sp³-hybridized carbons (Fsp3) is 0.636. The van der Waals surface area contributed by atoms with Crippen LogP contribution in [0.15, 0.2) is 15.8 Å². The Hall–Kier alpha value is -0.490. The SMILES string of the molecule is CCc1cn([C@H]2C[C@H](O)[C@@H](CS(=O)(=O)[O-])O2)c(=O)[nH]c1=O.[Na+]. The molecule has 0 aliphatic carbocycles. The number of aryl methyl sites for hydroxylation is 1. The minimum atomic E-state index is -4.56. The van der Waals surface area contributed by atoms with Crippen LogP contribution in [0, 0.1) is 0 Å². The zero-order valence-corrected chi connectivity index (χ0v) is 15.0. The molecule has 1 aromatic rings. The predicted molar refractivity (Wildman–Crippen MR) is 69.8 cm³/mol. The van der Waals surface area contributed by atoms with Crippen LogP contribution in [-0.4, -0.2) is 45.6 Å². The van der Waals surface area contributed by atoms with E-state index >= 15 is 0 Å². The summed E-state index contributed by atoms with van der Waals surface area (Å²) in [5.41, 5.74) is -0.872. The van der Waals surface area contributed by atoms with Crippen molar-refractivity contribution < 1.29 is 52.4 Å². The largest absolute Gasteiger partial charge is 1.00 e. The van der Waals surface area contributed by atoms with Gasteiger partial charge in [-0.25, -0.2) is 13.2 Å². The standard InChI is InChI=1S/C11H16N2O7S.Na/c1-2-6-4-13(11(16)12-10(6)15)9-3-7(14)8(20-9)5-21(17,18)19;/h4,7-9,14H,2-3,5H2,1H3,(H,12,15,16)(H,17,18,19);/q;+1/p-1/t7-,8+,9+;/m0./s1. The van der Waals surface area contributed by atoms with Crippen molar-refractivity contribution in [2.75, 3.05) is 5.75 Å². The van der Waals surface area contributed by atoms with Crippen LogP contribution in [0.4, 0.5) is 0 Å². The van der Waals surface area contributed by atoms with Crippen molar-refractivity contribution in [2.45, 2.75) is 38.2 Å². The van der Waals surface area contributed by atoms with Gasteiger partial charge in [0.2, 0.25) is 0 Å². The first-order chi connectivity index (χ1) is 9.71. The van der Waals surface area contributed by atoms with E-state index in [9.17, 15) is 27.7 Å². The number of nitrogens with zero attached hydrogens (tertiary/aromatic N) is 1. The summed E-state index contributed by atoms with van der Waals surface area (Å²) in [5.74, 6) is -0.872. The predicted octanol–water partition coefficient (Wildman–Crippen LogP) is -4.70. The molecule has 0 radical (unpaired) electrons. The third-order valence-corrected chi connectivity index (χ3v) is 4.04. The third kappa shape index (κ3) is 4.51. The summed E-state index contributed by atoms with van der Waals surface area (Å²) in [6.45, 7) is 1.73. The van der Waals surface area contributed by atoms with Crippen molar-refractivity contribution in [2.24, 2.45) is 0 Å². The molecule has 2 N–H and O–H groups in total. The number of H-pyrrole nitrogens is 1. The summed E-state index contributed by atoms with van der Waals surface area (Å²) >= 11 is 0. The van der Waals surface area contributed by atoms with Crippen molar-refractivity contribution in [3.05, 3.63) is 32.6 Å². The van der Waals surface area contributed by atoms with E-state index in [2.05, 4.69) is 4.98 Å². The normalized spacial score (nSPS) is 25.0. The number of hydrogen-bond donors (Lipinski definition) is 2. The fourth-order valence-electron chi connectivity index (χ4n) is 2.23. The van der Waals surface area contributed by atoms with Gasteiger partial charge in [-0.1, -0.05) is 6.92 Å². The molecule has 1 aliphatic rings. The maximum atomic E-state index is 11.8. The Morgan fingerprint density at radius 3 is 2.68 bits per heavy atom. The number of nitrogens with one attached hydrogen (secondary N) is 1. The molecule has 1 aromatic heterocycles. The van der Waals surface area contributed by atoms with Crippen LogP contribution < -0.4 is 40.8 Å². The van der Waals surface area contributed by atoms with Crippen LogP contribution in [0.2, 0.25) is 0 Å². The zero-order chi connectivity index (χ0) is 15.8. The van der Waals surface area contributed by atoms with Gasteiger partial charge < -0.3 is 14.4 Å². The molecule has 0 spiro atoms. The van der Waals surface area contributed by atoms with Crippen molar-refractivity contribution in [3.63, 3.8) is 0 Å².